The molecule has 3 nitrogen and oxygen atoms in total. The molecule has 1 atom stereocenters. The summed E-state index contributed by atoms with van der Waals surface area (Å²) in [6.45, 7) is 1.85. The summed E-state index contributed by atoms with van der Waals surface area (Å²) in [7, 11) is 1.33. The molecule has 0 saturated heterocycles. The molecule has 0 N–H and O–H groups in total. The Morgan fingerprint density at radius 1 is 1.50 bits per heavy atom. The van der Waals surface area contributed by atoms with Gasteiger partial charge in [0.25, 0.3) is 0 Å². The number of halogens is 1. The summed E-state index contributed by atoms with van der Waals surface area (Å²) in [6.07, 6.45) is 2.12. The summed E-state index contributed by atoms with van der Waals surface area (Å²) in [6, 6.07) is 5.40. The van der Waals surface area contributed by atoms with E-state index in [9.17, 15) is 9.18 Å². The Kier molecular flexibility index (Phi) is 4.64. The van der Waals surface area contributed by atoms with Crippen LogP contribution in [0.2, 0.25) is 0 Å². The van der Waals surface area contributed by atoms with Crippen LogP contribution >= 0.6 is 0 Å². The minimum atomic E-state index is -0.491. The zero-order chi connectivity index (χ0) is 12.0. The predicted octanol–water partition coefficient (Wildman–Crippen LogP) is 2.20. The molecule has 1 unspecified atom stereocenters. The van der Waals surface area contributed by atoms with Crippen molar-refractivity contribution < 1.29 is 13.9 Å². The fraction of sp³-hybridized carbons (Fsp3) is 0.333. The van der Waals surface area contributed by atoms with E-state index in [2.05, 4.69) is 9.73 Å². The van der Waals surface area contributed by atoms with E-state index < -0.39 is 6.04 Å². The summed E-state index contributed by atoms with van der Waals surface area (Å²) >= 11 is 0. The normalized spacial score (nSPS) is 12.7. The van der Waals surface area contributed by atoms with E-state index in [0.29, 0.717) is 6.42 Å². The van der Waals surface area contributed by atoms with Crippen LogP contribution in [-0.4, -0.2) is 25.3 Å². The van der Waals surface area contributed by atoms with Crippen molar-refractivity contribution in [3.8, 4) is 0 Å². The third kappa shape index (κ3) is 3.46. The lowest BCUT2D eigenvalue weighted by Gasteiger charge is -2.06. The number of rotatable bonds is 4. The van der Waals surface area contributed by atoms with Gasteiger partial charge in [-0.2, -0.15) is 0 Å². The third-order valence-electron chi connectivity index (χ3n) is 2.13. The number of aliphatic imine (C=N–C) groups is 1. The standard InChI is InChI=1S/C12H14FNO2/c1-3-11(12(15)16-2)14-8-9-4-6-10(13)7-5-9/h4-8,11H,3H2,1-2H3. The first-order chi connectivity index (χ1) is 7.67. The van der Waals surface area contributed by atoms with Crippen LogP contribution in [0.3, 0.4) is 0 Å². The molecule has 0 aliphatic carbocycles. The first-order valence-corrected chi connectivity index (χ1v) is 5.04. The van der Waals surface area contributed by atoms with Gasteiger partial charge in [-0.15, -0.1) is 0 Å². The average molecular weight is 223 g/mol. The van der Waals surface area contributed by atoms with Gasteiger partial charge in [-0.25, -0.2) is 9.18 Å². The van der Waals surface area contributed by atoms with Crippen molar-refractivity contribution in [1.29, 1.82) is 0 Å². The quantitative estimate of drug-likeness (QED) is 0.579. The van der Waals surface area contributed by atoms with E-state index in [0.717, 1.165) is 5.56 Å². The van der Waals surface area contributed by atoms with Crippen molar-refractivity contribution >= 4 is 12.2 Å². The monoisotopic (exact) mass is 223 g/mol. The molecule has 4 heteroatoms. The highest BCUT2D eigenvalue weighted by Gasteiger charge is 2.13. The predicted molar refractivity (Wildman–Crippen MR) is 60.1 cm³/mol. The molecule has 86 valence electrons. The van der Waals surface area contributed by atoms with Crippen LogP contribution in [0.1, 0.15) is 18.9 Å². The minimum absolute atomic E-state index is 0.294. The van der Waals surface area contributed by atoms with Crippen molar-refractivity contribution in [2.45, 2.75) is 19.4 Å². The van der Waals surface area contributed by atoms with Crippen LogP contribution in [0.15, 0.2) is 29.3 Å². The molecule has 1 rings (SSSR count). The van der Waals surface area contributed by atoms with Crippen LogP contribution in [0.5, 0.6) is 0 Å². The van der Waals surface area contributed by atoms with Crippen molar-refractivity contribution in [1.82, 2.24) is 0 Å². The number of ether oxygens (including phenoxy) is 1. The Labute approximate surface area is 94.0 Å². The maximum atomic E-state index is 12.6. The maximum absolute atomic E-state index is 12.6. The van der Waals surface area contributed by atoms with Crippen LogP contribution in [0, 0.1) is 5.82 Å². The number of benzene rings is 1. The number of hydrogen-bond donors (Lipinski definition) is 0. The van der Waals surface area contributed by atoms with Gasteiger partial charge >= 0.3 is 5.97 Å². The number of nitrogens with zero attached hydrogens (tertiary/aromatic N) is 1. The molecule has 0 fully saturated rings. The molecule has 0 radical (unpaired) electrons. The Balaban J connectivity index is 2.71. The second kappa shape index (κ2) is 6.00. The molecular formula is C12H14FNO2. The van der Waals surface area contributed by atoms with E-state index in [-0.39, 0.29) is 11.8 Å². The van der Waals surface area contributed by atoms with Crippen molar-refractivity contribution in [2.75, 3.05) is 7.11 Å². The van der Waals surface area contributed by atoms with Gasteiger partial charge in [0.05, 0.1) is 7.11 Å². The van der Waals surface area contributed by atoms with Crippen molar-refractivity contribution in [3.63, 3.8) is 0 Å². The third-order valence-corrected chi connectivity index (χ3v) is 2.13. The van der Waals surface area contributed by atoms with Crippen LogP contribution in [0.4, 0.5) is 4.39 Å². The van der Waals surface area contributed by atoms with Gasteiger partial charge in [-0.1, -0.05) is 19.1 Å². The summed E-state index contributed by atoms with van der Waals surface area (Å²) in [5.41, 5.74) is 0.753. The zero-order valence-corrected chi connectivity index (χ0v) is 9.31. The van der Waals surface area contributed by atoms with Gasteiger partial charge in [0, 0.05) is 6.21 Å². The van der Waals surface area contributed by atoms with Crippen molar-refractivity contribution in [2.24, 2.45) is 4.99 Å². The molecule has 1 aromatic carbocycles. The smallest absolute Gasteiger partial charge is 0.330 e. The minimum Gasteiger partial charge on any atom is -0.467 e. The molecule has 0 aliphatic heterocycles. The van der Waals surface area contributed by atoms with Crippen LogP contribution < -0.4 is 0 Å². The molecule has 1 aromatic rings. The lowest BCUT2D eigenvalue weighted by Crippen LogP contribution is -2.19. The highest BCUT2D eigenvalue weighted by Crippen LogP contribution is 2.03. The number of esters is 1. The molecule has 0 bridgehead atoms. The average Bonchev–Trinajstić information content (AvgIpc) is 2.31. The highest BCUT2D eigenvalue weighted by molar-refractivity contribution is 5.83. The molecule has 0 saturated carbocycles. The molecule has 0 amide bonds. The maximum Gasteiger partial charge on any atom is 0.330 e. The lowest BCUT2D eigenvalue weighted by molar-refractivity contribution is -0.142. The summed E-state index contributed by atoms with van der Waals surface area (Å²) < 4.78 is 17.2. The Hall–Kier alpha value is -1.71. The number of carbonyl (C=O) groups excluding carboxylic acids is 1. The molecule has 0 heterocycles. The summed E-state index contributed by atoms with van der Waals surface area (Å²) in [5, 5.41) is 0. The Bertz CT molecular complexity index is 373. The largest absolute Gasteiger partial charge is 0.467 e. The van der Waals surface area contributed by atoms with E-state index in [1.54, 1.807) is 18.3 Å². The fourth-order valence-corrected chi connectivity index (χ4v) is 1.19. The summed E-state index contributed by atoms with van der Waals surface area (Å²) in [4.78, 5) is 15.3. The molecular weight excluding hydrogens is 209 g/mol. The molecule has 16 heavy (non-hydrogen) atoms. The zero-order valence-electron chi connectivity index (χ0n) is 9.31. The molecule has 0 aromatic heterocycles. The SMILES string of the molecule is CCC(N=Cc1ccc(F)cc1)C(=O)OC. The first-order valence-electron chi connectivity index (χ1n) is 5.04. The number of hydrogen-bond acceptors (Lipinski definition) is 3. The van der Waals surface area contributed by atoms with E-state index >= 15 is 0 Å². The van der Waals surface area contributed by atoms with Crippen LogP contribution in [-0.2, 0) is 9.53 Å². The van der Waals surface area contributed by atoms with E-state index in [1.807, 2.05) is 6.92 Å². The van der Waals surface area contributed by atoms with Crippen LogP contribution in [0.25, 0.3) is 0 Å². The van der Waals surface area contributed by atoms with Gasteiger partial charge in [-0.05, 0) is 24.1 Å². The number of carbonyl (C=O) groups is 1. The Morgan fingerprint density at radius 3 is 2.62 bits per heavy atom. The van der Waals surface area contributed by atoms with Gasteiger partial charge in [0.15, 0.2) is 0 Å². The van der Waals surface area contributed by atoms with E-state index in [4.69, 9.17) is 0 Å². The van der Waals surface area contributed by atoms with Gasteiger partial charge < -0.3 is 4.74 Å². The number of methoxy groups -OCH3 is 1. The Morgan fingerprint density at radius 2 is 2.12 bits per heavy atom. The second-order valence-corrected chi connectivity index (χ2v) is 3.28. The molecule has 0 aliphatic rings. The van der Waals surface area contributed by atoms with E-state index in [1.165, 1.54) is 19.2 Å². The highest BCUT2D eigenvalue weighted by atomic mass is 19.1. The fourth-order valence-electron chi connectivity index (χ4n) is 1.19. The van der Waals surface area contributed by atoms with Gasteiger partial charge in [0.2, 0.25) is 0 Å². The van der Waals surface area contributed by atoms with Gasteiger partial charge in [0.1, 0.15) is 11.9 Å². The topological polar surface area (TPSA) is 38.7 Å². The second-order valence-electron chi connectivity index (χ2n) is 3.28. The first kappa shape index (κ1) is 12.4. The lowest BCUT2D eigenvalue weighted by atomic mass is 10.2. The molecule has 0 spiro atoms. The van der Waals surface area contributed by atoms with Gasteiger partial charge in [-0.3, -0.25) is 4.99 Å². The van der Waals surface area contributed by atoms with Crippen molar-refractivity contribution in [3.05, 3.63) is 35.6 Å². The summed E-state index contributed by atoms with van der Waals surface area (Å²) in [5.74, 6) is -0.655.